The van der Waals surface area contributed by atoms with Gasteiger partial charge in [-0.3, -0.25) is 14.6 Å². The lowest BCUT2D eigenvalue weighted by atomic mass is 9.87. The van der Waals surface area contributed by atoms with Crippen molar-refractivity contribution in [3.8, 4) is 5.75 Å². The molecule has 5 nitrogen and oxygen atoms in total. The van der Waals surface area contributed by atoms with Crippen LogP contribution < -0.4 is 10.5 Å². The molecule has 6 heteroatoms. The van der Waals surface area contributed by atoms with E-state index in [4.69, 9.17) is 22.1 Å². The van der Waals surface area contributed by atoms with Gasteiger partial charge < -0.3 is 10.5 Å². The van der Waals surface area contributed by atoms with Gasteiger partial charge in [-0.05, 0) is 35.2 Å². The first kappa shape index (κ1) is 18.9. The Hall–Kier alpha value is -2.40. The fourth-order valence-electron chi connectivity index (χ4n) is 2.25. The molecule has 0 fully saturated rings. The molecule has 1 aromatic carbocycles. The van der Waals surface area contributed by atoms with Crippen molar-refractivity contribution in [3.05, 3.63) is 58.9 Å². The third-order valence-electron chi connectivity index (χ3n) is 3.71. The molecule has 1 aromatic heterocycles. The predicted octanol–water partition coefficient (Wildman–Crippen LogP) is 3.54. The molecule has 1 atom stereocenters. The van der Waals surface area contributed by atoms with Crippen molar-refractivity contribution in [2.24, 2.45) is 5.73 Å². The van der Waals surface area contributed by atoms with Crippen LogP contribution in [0.1, 0.15) is 43.2 Å². The molecule has 0 spiro atoms. The minimum Gasteiger partial charge on any atom is -0.480 e. The summed E-state index contributed by atoms with van der Waals surface area (Å²) < 4.78 is 5.61. The van der Waals surface area contributed by atoms with E-state index in [1.165, 1.54) is 6.20 Å². The summed E-state index contributed by atoms with van der Waals surface area (Å²) in [7, 11) is 0. The topological polar surface area (TPSA) is 82.3 Å². The number of pyridine rings is 1. The van der Waals surface area contributed by atoms with E-state index in [9.17, 15) is 9.59 Å². The number of nitrogens with two attached hydrogens (primary N) is 1. The molecule has 0 aliphatic rings. The number of halogens is 1. The smallest absolute Gasteiger partial charge is 0.258 e. The van der Waals surface area contributed by atoms with Crippen molar-refractivity contribution in [3.63, 3.8) is 0 Å². The molecular weight excluding hydrogens is 340 g/mol. The predicted molar refractivity (Wildman–Crippen MR) is 96.9 cm³/mol. The van der Waals surface area contributed by atoms with Crippen LogP contribution in [0.3, 0.4) is 0 Å². The van der Waals surface area contributed by atoms with Crippen LogP contribution >= 0.6 is 11.6 Å². The number of primary amides is 1. The highest BCUT2D eigenvalue weighted by Crippen LogP contribution is 2.25. The molecule has 132 valence electrons. The molecule has 0 saturated carbocycles. The quantitative estimate of drug-likeness (QED) is 0.799. The molecule has 2 N–H and O–H groups in total. The Morgan fingerprint density at radius 3 is 2.36 bits per heavy atom. The van der Waals surface area contributed by atoms with Crippen LogP contribution in [0.5, 0.6) is 5.75 Å². The summed E-state index contributed by atoms with van der Waals surface area (Å²) in [4.78, 5) is 27.9. The zero-order chi connectivity index (χ0) is 18.6. The summed E-state index contributed by atoms with van der Waals surface area (Å²) >= 11 is 5.96. The number of benzene rings is 1. The second kappa shape index (κ2) is 7.66. The lowest BCUT2D eigenvalue weighted by Gasteiger charge is -2.20. The van der Waals surface area contributed by atoms with Gasteiger partial charge >= 0.3 is 0 Å². The number of rotatable bonds is 6. The Balaban J connectivity index is 2.12. The van der Waals surface area contributed by atoms with Gasteiger partial charge in [-0.1, -0.05) is 44.5 Å². The molecule has 1 amide bonds. The van der Waals surface area contributed by atoms with E-state index in [1.54, 1.807) is 24.3 Å². The van der Waals surface area contributed by atoms with Gasteiger partial charge in [-0.25, -0.2) is 0 Å². The number of carbonyl (C=O) groups is 2. The van der Waals surface area contributed by atoms with Crippen LogP contribution in [0.15, 0.2) is 42.6 Å². The number of ether oxygens (including phenoxy) is 1. The third kappa shape index (κ3) is 5.03. The maximum Gasteiger partial charge on any atom is 0.258 e. The number of amides is 1. The van der Waals surface area contributed by atoms with Crippen LogP contribution in [0, 0.1) is 0 Å². The van der Waals surface area contributed by atoms with Crippen LogP contribution in [-0.4, -0.2) is 22.8 Å². The number of ketones is 1. The fraction of sp³-hybridized carbons (Fsp3) is 0.316. The van der Waals surface area contributed by atoms with E-state index in [0.717, 1.165) is 5.56 Å². The van der Waals surface area contributed by atoms with Gasteiger partial charge in [0.2, 0.25) is 0 Å². The van der Waals surface area contributed by atoms with Crippen LogP contribution in [-0.2, 0) is 10.2 Å². The molecule has 2 rings (SSSR count). The van der Waals surface area contributed by atoms with Crippen molar-refractivity contribution >= 4 is 23.3 Å². The molecule has 0 radical (unpaired) electrons. The number of aromatic nitrogens is 1. The lowest BCUT2D eigenvalue weighted by molar-refractivity contribution is -0.124. The summed E-state index contributed by atoms with van der Waals surface area (Å²) in [6, 6.07) is 10.5. The highest BCUT2D eigenvalue weighted by Gasteiger charge is 2.24. The first-order valence-corrected chi connectivity index (χ1v) is 8.26. The van der Waals surface area contributed by atoms with E-state index < -0.39 is 17.8 Å². The van der Waals surface area contributed by atoms with Gasteiger partial charge in [-0.2, -0.15) is 0 Å². The maximum absolute atomic E-state index is 12.3. The van der Waals surface area contributed by atoms with Crippen molar-refractivity contribution in [2.45, 2.75) is 38.7 Å². The van der Waals surface area contributed by atoms with Gasteiger partial charge in [0, 0.05) is 6.20 Å². The lowest BCUT2D eigenvalue weighted by Crippen LogP contribution is -2.36. The van der Waals surface area contributed by atoms with Gasteiger partial charge in [-0.15, -0.1) is 0 Å². The highest BCUT2D eigenvalue weighted by atomic mass is 35.5. The van der Waals surface area contributed by atoms with Crippen LogP contribution in [0.2, 0.25) is 5.02 Å². The number of hydrogen-bond donors (Lipinski definition) is 1. The first-order chi connectivity index (χ1) is 11.7. The highest BCUT2D eigenvalue weighted by molar-refractivity contribution is 6.33. The Morgan fingerprint density at radius 1 is 1.20 bits per heavy atom. The van der Waals surface area contributed by atoms with E-state index in [1.807, 2.05) is 12.1 Å². The van der Waals surface area contributed by atoms with Crippen molar-refractivity contribution in [1.82, 2.24) is 4.98 Å². The summed E-state index contributed by atoms with van der Waals surface area (Å²) in [5.41, 5.74) is 6.62. The largest absolute Gasteiger partial charge is 0.480 e. The normalized spacial score (nSPS) is 12.5. The third-order valence-corrected chi connectivity index (χ3v) is 4.01. The Kier molecular flexibility index (Phi) is 5.80. The van der Waals surface area contributed by atoms with Crippen molar-refractivity contribution in [2.75, 3.05) is 0 Å². The maximum atomic E-state index is 12.3. The minimum absolute atomic E-state index is 0.00725. The standard InChI is InChI=1S/C19H21ClN2O3/c1-19(2,3)12-6-8-13(9-7-12)25-16(18(21)24)11-15(23)17-14(20)5-4-10-22-17/h4-10,16H,11H2,1-3H3,(H2,21,24). The van der Waals surface area contributed by atoms with Gasteiger partial charge in [0.25, 0.3) is 5.91 Å². The number of hydrogen-bond acceptors (Lipinski definition) is 4. The average molecular weight is 361 g/mol. The molecule has 25 heavy (non-hydrogen) atoms. The van der Waals surface area contributed by atoms with Gasteiger partial charge in [0.05, 0.1) is 11.4 Å². The number of Topliss-reactive ketones (excluding diaryl/α,β-unsaturated/α-hetero) is 1. The average Bonchev–Trinajstić information content (AvgIpc) is 2.54. The summed E-state index contributed by atoms with van der Waals surface area (Å²) in [6.07, 6.45) is 0.142. The summed E-state index contributed by atoms with van der Waals surface area (Å²) in [6.45, 7) is 6.30. The second-order valence-electron chi connectivity index (χ2n) is 6.74. The Labute approximate surface area is 152 Å². The Morgan fingerprint density at radius 2 is 1.84 bits per heavy atom. The zero-order valence-electron chi connectivity index (χ0n) is 14.5. The zero-order valence-corrected chi connectivity index (χ0v) is 15.2. The first-order valence-electron chi connectivity index (χ1n) is 7.88. The molecule has 0 bridgehead atoms. The molecular formula is C19H21ClN2O3. The van der Waals surface area contributed by atoms with Crippen molar-refractivity contribution < 1.29 is 14.3 Å². The summed E-state index contributed by atoms with van der Waals surface area (Å²) in [5.74, 6) is -0.655. The molecule has 0 aliphatic carbocycles. The second-order valence-corrected chi connectivity index (χ2v) is 7.15. The Bertz CT molecular complexity index is 767. The summed E-state index contributed by atoms with van der Waals surface area (Å²) in [5, 5.41) is 0.227. The van der Waals surface area contributed by atoms with E-state index in [0.29, 0.717) is 5.75 Å². The van der Waals surface area contributed by atoms with E-state index >= 15 is 0 Å². The van der Waals surface area contributed by atoms with E-state index in [2.05, 4.69) is 25.8 Å². The SMILES string of the molecule is CC(C)(C)c1ccc(OC(CC(=O)c2ncccc2Cl)C(N)=O)cc1. The molecule has 0 saturated heterocycles. The number of nitrogens with zero attached hydrogens (tertiary/aromatic N) is 1. The molecule has 1 heterocycles. The van der Waals surface area contributed by atoms with Gasteiger partial charge in [0.1, 0.15) is 11.4 Å². The minimum atomic E-state index is -1.09. The molecule has 2 aromatic rings. The van der Waals surface area contributed by atoms with Crippen LogP contribution in [0.25, 0.3) is 0 Å². The molecule has 0 aliphatic heterocycles. The monoisotopic (exact) mass is 360 g/mol. The van der Waals surface area contributed by atoms with E-state index in [-0.39, 0.29) is 22.6 Å². The van der Waals surface area contributed by atoms with Crippen LogP contribution in [0.4, 0.5) is 0 Å². The van der Waals surface area contributed by atoms with Gasteiger partial charge in [0.15, 0.2) is 11.9 Å². The fourth-order valence-corrected chi connectivity index (χ4v) is 2.48. The number of carbonyl (C=O) groups excluding carboxylic acids is 2. The molecule has 1 unspecified atom stereocenters. The van der Waals surface area contributed by atoms with Crippen molar-refractivity contribution in [1.29, 1.82) is 0 Å².